The molecule has 1 aromatic carbocycles. The summed E-state index contributed by atoms with van der Waals surface area (Å²) in [5.41, 5.74) is 4.51. The van der Waals surface area contributed by atoms with Gasteiger partial charge < -0.3 is 15.1 Å². The van der Waals surface area contributed by atoms with Crippen molar-refractivity contribution >= 4 is 23.1 Å². The molecular formula is C27H32N4O2. The van der Waals surface area contributed by atoms with Gasteiger partial charge in [-0.2, -0.15) is 0 Å². The van der Waals surface area contributed by atoms with E-state index in [-0.39, 0.29) is 29.7 Å². The molecular weight excluding hydrogens is 412 g/mol. The van der Waals surface area contributed by atoms with Gasteiger partial charge in [0, 0.05) is 43.2 Å². The van der Waals surface area contributed by atoms with Crippen LogP contribution in [0, 0.1) is 5.41 Å². The summed E-state index contributed by atoms with van der Waals surface area (Å²) in [5, 5.41) is 3.61. The van der Waals surface area contributed by atoms with E-state index < -0.39 is 0 Å². The minimum absolute atomic E-state index is 0.112. The van der Waals surface area contributed by atoms with Crippen LogP contribution in [0.5, 0.6) is 0 Å². The summed E-state index contributed by atoms with van der Waals surface area (Å²) in [4.78, 5) is 35.4. The second kappa shape index (κ2) is 8.65. The largest absolute Gasteiger partial charge is 0.357 e. The van der Waals surface area contributed by atoms with E-state index in [0.717, 1.165) is 60.6 Å². The maximum atomic E-state index is 13.6. The Kier molecular flexibility index (Phi) is 5.69. The summed E-state index contributed by atoms with van der Waals surface area (Å²) in [5.74, 6) is 0.273. The van der Waals surface area contributed by atoms with Crippen LogP contribution < -0.4 is 10.2 Å². The molecule has 2 aromatic rings. The van der Waals surface area contributed by atoms with Crippen LogP contribution in [-0.2, 0) is 9.59 Å². The first-order valence-electron chi connectivity index (χ1n) is 12.0. The molecule has 0 radical (unpaired) electrons. The Balaban J connectivity index is 1.65. The Morgan fingerprint density at radius 3 is 2.55 bits per heavy atom. The number of nitrogens with one attached hydrogen (secondary N) is 1. The molecule has 33 heavy (non-hydrogen) atoms. The van der Waals surface area contributed by atoms with Crippen LogP contribution in [0.1, 0.15) is 57.6 Å². The lowest BCUT2D eigenvalue weighted by atomic mass is 9.73. The van der Waals surface area contributed by atoms with Crippen molar-refractivity contribution in [1.29, 1.82) is 0 Å². The lowest BCUT2D eigenvalue weighted by Gasteiger charge is -2.38. The molecule has 6 heteroatoms. The van der Waals surface area contributed by atoms with Gasteiger partial charge in [0.2, 0.25) is 5.91 Å². The van der Waals surface area contributed by atoms with Gasteiger partial charge in [0.25, 0.3) is 0 Å². The number of pyridine rings is 1. The lowest BCUT2D eigenvalue weighted by Crippen LogP contribution is -2.45. The summed E-state index contributed by atoms with van der Waals surface area (Å²) in [7, 11) is 0. The average molecular weight is 445 g/mol. The number of ketones is 1. The van der Waals surface area contributed by atoms with Gasteiger partial charge in [0.1, 0.15) is 0 Å². The number of amides is 1. The van der Waals surface area contributed by atoms with Gasteiger partial charge in [0.15, 0.2) is 5.78 Å². The van der Waals surface area contributed by atoms with Crippen molar-refractivity contribution in [2.45, 2.75) is 52.0 Å². The fraction of sp³-hybridized carbons (Fsp3) is 0.444. The number of carbonyl (C=O) groups is 2. The standard InChI is InChI=1S/C27H32N4O2/c1-27(2)16-21-25(23(32)17-27)26(19-10-12-28-13-11-19)31(22-9-5-4-8-20(22)29-21)18-24(33)30-14-6-3-7-15-30/h4-5,8-13,26,29H,3,6-7,14-18H2,1-2H3. The number of anilines is 2. The monoisotopic (exact) mass is 444 g/mol. The molecule has 1 aromatic heterocycles. The summed E-state index contributed by atoms with van der Waals surface area (Å²) in [6.07, 6.45) is 8.11. The molecule has 6 nitrogen and oxygen atoms in total. The summed E-state index contributed by atoms with van der Waals surface area (Å²) < 4.78 is 0. The van der Waals surface area contributed by atoms with E-state index >= 15 is 0 Å². The van der Waals surface area contributed by atoms with Crippen LogP contribution >= 0.6 is 0 Å². The molecule has 0 spiro atoms. The molecule has 1 unspecified atom stereocenters. The normalized spacial score (nSPS) is 22.2. The topological polar surface area (TPSA) is 65.5 Å². The van der Waals surface area contributed by atoms with Crippen LogP contribution in [0.15, 0.2) is 60.1 Å². The van der Waals surface area contributed by atoms with Crippen molar-refractivity contribution < 1.29 is 9.59 Å². The summed E-state index contributed by atoms with van der Waals surface area (Å²) in [6, 6.07) is 11.7. The van der Waals surface area contributed by atoms with Crippen LogP contribution in [0.25, 0.3) is 0 Å². The van der Waals surface area contributed by atoms with Gasteiger partial charge in [0.05, 0.1) is 24.0 Å². The SMILES string of the molecule is CC1(C)CC(=O)C2=C(C1)Nc1ccccc1N(CC(=O)N1CCCCC1)C2c1ccncc1. The molecule has 1 N–H and O–H groups in total. The van der Waals surface area contributed by atoms with Gasteiger partial charge in [-0.3, -0.25) is 14.6 Å². The molecule has 1 aliphatic carbocycles. The summed E-state index contributed by atoms with van der Waals surface area (Å²) in [6.45, 7) is 6.15. The molecule has 3 heterocycles. The number of aromatic nitrogens is 1. The number of likely N-dealkylation sites (tertiary alicyclic amines) is 1. The van der Waals surface area contributed by atoms with Crippen LogP contribution in [0.4, 0.5) is 11.4 Å². The minimum atomic E-state index is -0.337. The van der Waals surface area contributed by atoms with Gasteiger partial charge in [-0.15, -0.1) is 0 Å². The molecule has 1 amide bonds. The number of nitrogens with zero attached hydrogens (tertiary/aromatic N) is 3. The number of para-hydroxylation sites is 2. The number of piperidine rings is 1. The number of allylic oxidation sites excluding steroid dienone is 1. The fourth-order valence-corrected chi connectivity index (χ4v) is 5.51. The quantitative estimate of drug-likeness (QED) is 0.743. The molecule has 0 saturated carbocycles. The van der Waals surface area contributed by atoms with Crippen molar-refractivity contribution in [3.8, 4) is 0 Å². The predicted molar refractivity (Wildman–Crippen MR) is 130 cm³/mol. The molecule has 172 valence electrons. The lowest BCUT2D eigenvalue weighted by molar-refractivity contribution is -0.130. The van der Waals surface area contributed by atoms with Crippen molar-refractivity contribution in [1.82, 2.24) is 9.88 Å². The summed E-state index contributed by atoms with van der Waals surface area (Å²) >= 11 is 0. The highest BCUT2D eigenvalue weighted by atomic mass is 16.2. The zero-order chi connectivity index (χ0) is 23.0. The third-order valence-electron chi connectivity index (χ3n) is 7.04. The highest BCUT2D eigenvalue weighted by Gasteiger charge is 2.42. The third kappa shape index (κ3) is 4.26. The van der Waals surface area contributed by atoms with E-state index in [2.05, 4.69) is 29.0 Å². The maximum Gasteiger partial charge on any atom is 0.242 e. The van der Waals surface area contributed by atoms with Gasteiger partial charge in [-0.25, -0.2) is 0 Å². The van der Waals surface area contributed by atoms with Crippen molar-refractivity contribution in [2.24, 2.45) is 5.41 Å². The van der Waals surface area contributed by atoms with E-state index in [4.69, 9.17) is 0 Å². The van der Waals surface area contributed by atoms with Gasteiger partial charge in [-0.1, -0.05) is 26.0 Å². The van der Waals surface area contributed by atoms with Crippen LogP contribution in [0.3, 0.4) is 0 Å². The number of hydrogen-bond donors (Lipinski definition) is 1. The van der Waals surface area contributed by atoms with Gasteiger partial charge >= 0.3 is 0 Å². The Bertz CT molecular complexity index is 1090. The number of fused-ring (bicyclic) bond motifs is 1. The average Bonchev–Trinajstić information content (AvgIpc) is 2.94. The molecule has 3 aliphatic rings. The second-order valence-corrected chi connectivity index (χ2v) is 10.2. The van der Waals surface area contributed by atoms with E-state index in [1.807, 2.05) is 41.3 Å². The smallest absolute Gasteiger partial charge is 0.242 e. The molecule has 1 atom stereocenters. The molecule has 1 fully saturated rings. The number of hydrogen-bond acceptors (Lipinski definition) is 5. The molecule has 1 saturated heterocycles. The molecule has 5 rings (SSSR count). The van der Waals surface area contributed by atoms with Crippen molar-refractivity contribution in [3.05, 3.63) is 65.6 Å². The Hall–Kier alpha value is -3.15. The molecule has 0 bridgehead atoms. The Morgan fingerprint density at radius 1 is 1.06 bits per heavy atom. The highest BCUT2D eigenvalue weighted by Crippen LogP contribution is 2.48. The zero-order valence-electron chi connectivity index (χ0n) is 19.5. The number of carbonyl (C=O) groups excluding carboxylic acids is 2. The first-order valence-corrected chi connectivity index (χ1v) is 12.0. The zero-order valence-corrected chi connectivity index (χ0v) is 19.5. The van der Waals surface area contributed by atoms with E-state index in [1.54, 1.807) is 12.4 Å². The Labute approximate surface area is 195 Å². The maximum absolute atomic E-state index is 13.6. The predicted octanol–water partition coefficient (Wildman–Crippen LogP) is 4.71. The van der Waals surface area contributed by atoms with E-state index in [0.29, 0.717) is 6.42 Å². The number of rotatable bonds is 3. The highest BCUT2D eigenvalue weighted by molar-refractivity contribution is 6.01. The van der Waals surface area contributed by atoms with Crippen LogP contribution in [-0.4, -0.2) is 41.2 Å². The van der Waals surface area contributed by atoms with E-state index in [9.17, 15) is 9.59 Å². The molecule has 2 aliphatic heterocycles. The minimum Gasteiger partial charge on any atom is -0.357 e. The van der Waals surface area contributed by atoms with Crippen molar-refractivity contribution in [2.75, 3.05) is 29.9 Å². The van der Waals surface area contributed by atoms with Crippen LogP contribution in [0.2, 0.25) is 0 Å². The first-order chi connectivity index (χ1) is 15.9. The third-order valence-corrected chi connectivity index (χ3v) is 7.04. The fourth-order valence-electron chi connectivity index (χ4n) is 5.51. The number of Topliss-reactive ketones (excluding diaryl/α,β-unsaturated/α-hetero) is 1. The first kappa shape index (κ1) is 21.7. The number of benzene rings is 1. The Morgan fingerprint density at radius 2 is 1.79 bits per heavy atom. The van der Waals surface area contributed by atoms with Crippen molar-refractivity contribution in [3.63, 3.8) is 0 Å². The second-order valence-electron chi connectivity index (χ2n) is 10.2. The van der Waals surface area contributed by atoms with E-state index in [1.165, 1.54) is 6.42 Å². The van der Waals surface area contributed by atoms with Gasteiger partial charge in [-0.05, 0) is 60.9 Å².